The summed E-state index contributed by atoms with van der Waals surface area (Å²) in [4.78, 5) is 29.0. The lowest BCUT2D eigenvalue weighted by molar-refractivity contribution is -0.136. The SMILES string of the molecule is CNCC1CCCN1C(=O)C1CC(=O)N(c2cc(Cl)ccc2OC)C1.Cl. The Hall–Kier alpha value is -1.50. The van der Waals surface area contributed by atoms with Gasteiger partial charge in [0.2, 0.25) is 11.8 Å². The highest BCUT2D eigenvalue weighted by atomic mass is 35.5. The van der Waals surface area contributed by atoms with Crippen molar-refractivity contribution in [2.24, 2.45) is 5.92 Å². The number of halogens is 2. The van der Waals surface area contributed by atoms with Crippen molar-refractivity contribution >= 4 is 41.5 Å². The summed E-state index contributed by atoms with van der Waals surface area (Å²) in [7, 11) is 3.45. The third-order valence-corrected chi connectivity index (χ3v) is 5.24. The lowest BCUT2D eigenvalue weighted by Gasteiger charge is -2.27. The Balaban J connectivity index is 0.00000243. The number of ether oxygens (including phenoxy) is 1. The van der Waals surface area contributed by atoms with Gasteiger partial charge in [-0.3, -0.25) is 9.59 Å². The largest absolute Gasteiger partial charge is 0.495 e. The van der Waals surface area contributed by atoms with E-state index in [0.717, 1.165) is 25.9 Å². The molecule has 6 nitrogen and oxygen atoms in total. The number of hydrogen-bond donors (Lipinski definition) is 1. The van der Waals surface area contributed by atoms with Gasteiger partial charge in [0.25, 0.3) is 0 Å². The maximum atomic E-state index is 12.9. The second-order valence-corrected chi connectivity index (χ2v) is 7.04. The van der Waals surface area contributed by atoms with Crippen molar-refractivity contribution in [2.75, 3.05) is 38.7 Å². The number of nitrogens with one attached hydrogen (secondary N) is 1. The van der Waals surface area contributed by atoms with E-state index in [-0.39, 0.29) is 42.6 Å². The molecule has 2 aliphatic rings. The van der Waals surface area contributed by atoms with Gasteiger partial charge in [-0.05, 0) is 38.1 Å². The number of anilines is 1. The Morgan fingerprint density at radius 3 is 2.88 bits per heavy atom. The molecule has 2 saturated heterocycles. The van der Waals surface area contributed by atoms with Gasteiger partial charge in [-0.15, -0.1) is 12.4 Å². The second-order valence-electron chi connectivity index (χ2n) is 6.61. The topological polar surface area (TPSA) is 61.9 Å². The number of methoxy groups -OCH3 is 1. The number of nitrogens with zero attached hydrogens (tertiary/aromatic N) is 2. The van der Waals surface area contributed by atoms with Crippen LogP contribution in [0, 0.1) is 5.92 Å². The number of hydrogen-bond acceptors (Lipinski definition) is 4. The maximum absolute atomic E-state index is 12.9. The van der Waals surface area contributed by atoms with E-state index >= 15 is 0 Å². The number of likely N-dealkylation sites (tertiary alicyclic amines) is 1. The van der Waals surface area contributed by atoms with Crippen molar-refractivity contribution in [2.45, 2.75) is 25.3 Å². The standard InChI is InChI=1S/C18H24ClN3O3.ClH/c1-20-10-14-4-3-7-21(14)18(24)12-8-17(23)22(11-12)15-9-13(19)5-6-16(15)25-2;/h5-6,9,12,14,20H,3-4,7-8,10-11H2,1-2H3;1H. The summed E-state index contributed by atoms with van der Waals surface area (Å²) < 4.78 is 5.35. The fourth-order valence-corrected chi connectivity index (χ4v) is 3.95. The van der Waals surface area contributed by atoms with Crippen LogP contribution in [0.15, 0.2) is 18.2 Å². The number of benzene rings is 1. The quantitative estimate of drug-likeness (QED) is 0.822. The summed E-state index contributed by atoms with van der Waals surface area (Å²) in [6.07, 6.45) is 2.26. The highest BCUT2D eigenvalue weighted by Gasteiger charge is 2.40. The Labute approximate surface area is 165 Å². The van der Waals surface area contributed by atoms with E-state index in [0.29, 0.717) is 23.0 Å². The summed E-state index contributed by atoms with van der Waals surface area (Å²) in [5, 5.41) is 3.68. The molecular formula is C18H25Cl2N3O3. The van der Waals surface area contributed by atoms with Crippen molar-refractivity contribution in [3.63, 3.8) is 0 Å². The molecule has 1 N–H and O–H groups in total. The molecule has 1 aromatic rings. The molecule has 2 aliphatic heterocycles. The maximum Gasteiger partial charge on any atom is 0.228 e. The summed E-state index contributed by atoms with van der Waals surface area (Å²) in [6, 6.07) is 5.40. The minimum atomic E-state index is -0.311. The Kier molecular flexibility index (Phi) is 7.15. The predicted molar refractivity (Wildman–Crippen MR) is 104 cm³/mol. The zero-order chi connectivity index (χ0) is 18.0. The summed E-state index contributed by atoms with van der Waals surface area (Å²) in [6.45, 7) is 1.94. The molecule has 2 fully saturated rings. The first-order valence-corrected chi connectivity index (χ1v) is 9.02. The van der Waals surface area contributed by atoms with Gasteiger partial charge in [-0.2, -0.15) is 0 Å². The Morgan fingerprint density at radius 2 is 2.19 bits per heavy atom. The van der Waals surface area contributed by atoms with Gasteiger partial charge in [0.1, 0.15) is 5.75 Å². The fourth-order valence-electron chi connectivity index (χ4n) is 3.79. The van der Waals surface area contributed by atoms with Crippen LogP contribution < -0.4 is 15.0 Å². The first-order valence-electron chi connectivity index (χ1n) is 8.64. The van der Waals surface area contributed by atoms with Crippen LogP contribution in [0.3, 0.4) is 0 Å². The molecule has 0 radical (unpaired) electrons. The lowest BCUT2D eigenvalue weighted by atomic mass is 10.1. The number of carbonyl (C=O) groups excluding carboxylic acids is 2. The number of carbonyl (C=O) groups is 2. The van der Waals surface area contributed by atoms with Gasteiger partial charge >= 0.3 is 0 Å². The van der Waals surface area contributed by atoms with E-state index in [1.165, 1.54) is 0 Å². The van der Waals surface area contributed by atoms with E-state index < -0.39 is 0 Å². The molecule has 8 heteroatoms. The van der Waals surface area contributed by atoms with E-state index in [2.05, 4.69) is 5.32 Å². The van der Waals surface area contributed by atoms with Crippen LogP contribution in [0.25, 0.3) is 0 Å². The molecule has 2 unspecified atom stereocenters. The number of rotatable bonds is 5. The summed E-state index contributed by atoms with van der Waals surface area (Å²) >= 11 is 6.08. The molecule has 2 atom stereocenters. The fraction of sp³-hybridized carbons (Fsp3) is 0.556. The Morgan fingerprint density at radius 1 is 1.42 bits per heavy atom. The normalized spacial score (nSPS) is 22.5. The smallest absolute Gasteiger partial charge is 0.228 e. The van der Waals surface area contributed by atoms with Gasteiger partial charge < -0.3 is 19.9 Å². The van der Waals surface area contributed by atoms with Crippen LogP contribution in [0.2, 0.25) is 5.02 Å². The molecule has 26 heavy (non-hydrogen) atoms. The van der Waals surface area contributed by atoms with Crippen molar-refractivity contribution in [3.8, 4) is 5.75 Å². The van der Waals surface area contributed by atoms with E-state index in [1.807, 2.05) is 11.9 Å². The van der Waals surface area contributed by atoms with Crippen LogP contribution in [-0.4, -0.2) is 56.5 Å². The third kappa shape index (κ3) is 4.08. The Bertz CT molecular complexity index is 671. The molecule has 2 heterocycles. The van der Waals surface area contributed by atoms with E-state index in [4.69, 9.17) is 16.3 Å². The molecule has 0 bridgehead atoms. The molecule has 3 rings (SSSR count). The van der Waals surface area contributed by atoms with Gasteiger partial charge in [-0.25, -0.2) is 0 Å². The van der Waals surface area contributed by atoms with E-state index in [9.17, 15) is 9.59 Å². The van der Waals surface area contributed by atoms with Crippen molar-refractivity contribution in [3.05, 3.63) is 23.2 Å². The average Bonchev–Trinajstić information content (AvgIpc) is 3.21. The van der Waals surface area contributed by atoms with Gasteiger partial charge in [0.05, 0.1) is 18.7 Å². The summed E-state index contributed by atoms with van der Waals surface area (Å²) in [5.41, 5.74) is 0.628. The number of amides is 2. The molecule has 0 aliphatic carbocycles. The van der Waals surface area contributed by atoms with Gasteiger partial charge in [-0.1, -0.05) is 11.6 Å². The third-order valence-electron chi connectivity index (χ3n) is 5.01. The van der Waals surface area contributed by atoms with Crippen molar-refractivity contribution in [1.29, 1.82) is 0 Å². The molecule has 1 aromatic carbocycles. The highest BCUT2D eigenvalue weighted by molar-refractivity contribution is 6.31. The molecule has 0 saturated carbocycles. The first-order chi connectivity index (χ1) is 12.0. The predicted octanol–water partition coefficient (Wildman–Crippen LogP) is 2.33. The van der Waals surface area contributed by atoms with Crippen LogP contribution in [0.1, 0.15) is 19.3 Å². The molecule has 0 aromatic heterocycles. The zero-order valence-electron chi connectivity index (χ0n) is 15.0. The molecule has 2 amide bonds. The average molecular weight is 402 g/mol. The monoisotopic (exact) mass is 401 g/mol. The van der Waals surface area contributed by atoms with Crippen LogP contribution in [-0.2, 0) is 9.59 Å². The molecular weight excluding hydrogens is 377 g/mol. The zero-order valence-corrected chi connectivity index (χ0v) is 16.6. The van der Waals surface area contributed by atoms with Crippen molar-refractivity contribution in [1.82, 2.24) is 10.2 Å². The van der Waals surface area contributed by atoms with Crippen LogP contribution in [0.4, 0.5) is 5.69 Å². The van der Waals surface area contributed by atoms with Crippen LogP contribution in [0.5, 0.6) is 5.75 Å². The van der Waals surface area contributed by atoms with Crippen molar-refractivity contribution < 1.29 is 14.3 Å². The lowest BCUT2D eigenvalue weighted by Crippen LogP contribution is -2.44. The highest BCUT2D eigenvalue weighted by Crippen LogP contribution is 2.36. The van der Waals surface area contributed by atoms with Crippen LogP contribution >= 0.6 is 24.0 Å². The van der Waals surface area contributed by atoms with Gasteiger partial charge in [0.15, 0.2) is 0 Å². The molecule has 0 spiro atoms. The minimum absolute atomic E-state index is 0. The minimum Gasteiger partial charge on any atom is -0.495 e. The number of likely N-dealkylation sites (N-methyl/N-ethyl adjacent to an activating group) is 1. The molecule has 144 valence electrons. The summed E-state index contributed by atoms with van der Waals surface area (Å²) in [5.74, 6) is 0.284. The first kappa shape index (κ1) is 20.8. The second kappa shape index (κ2) is 8.93. The van der Waals surface area contributed by atoms with Gasteiger partial charge in [0, 0.05) is 37.1 Å². The van der Waals surface area contributed by atoms with E-state index in [1.54, 1.807) is 30.2 Å².